The summed E-state index contributed by atoms with van der Waals surface area (Å²) in [5, 5.41) is 0. The number of rotatable bonds is 61. The summed E-state index contributed by atoms with van der Waals surface area (Å²) < 4.78 is 16.9. The lowest BCUT2D eigenvalue weighted by atomic mass is 10.0. The molecule has 0 heterocycles. The van der Waals surface area contributed by atoms with E-state index >= 15 is 0 Å². The van der Waals surface area contributed by atoms with Crippen LogP contribution in [0.25, 0.3) is 0 Å². The van der Waals surface area contributed by atoms with Gasteiger partial charge in [-0.1, -0.05) is 308 Å². The lowest BCUT2D eigenvalue weighted by Gasteiger charge is -2.18. The molecule has 0 aromatic carbocycles. The Morgan fingerprint density at radius 2 is 0.479 bits per heavy atom. The standard InChI is InChI=1S/C67H126O6/c1-4-7-10-13-16-19-22-24-26-28-29-30-31-32-33-34-35-36-37-38-40-41-43-45-48-51-54-57-60-66(69)72-63-64(62-71-65(68)59-56-53-50-47-21-18-15-12-9-6-3)73-67(70)61-58-55-52-49-46-44-42-39-27-25-23-20-17-14-11-8-5-2/h12,15,25,27,64H,4-11,13-14,16-24,26,28-63H2,1-3H3/b15-12-,27-25-. The van der Waals surface area contributed by atoms with Crippen molar-refractivity contribution in [3.8, 4) is 0 Å². The molecule has 1 unspecified atom stereocenters. The SMILES string of the molecule is CCC/C=C\CCCCCCCC(=O)OCC(COC(=O)CCCCCCCCCCCCCCCCCCCCCCCCCCCCCC)OC(=O)CCCCCCCCC/C=C\CCCCCCCC. The molecule has 6 nitrogen and oxygen atoms in total. The third-order valence-corrected chi connectivity index (χ3v) is 14.9. The molecular formula is C67H126O6. The molecule has 73 heavy (non-hydrogen) atoms. The van der Waals surface area contributed by atoms with Crippen LogP contribution in [0.5, 0.6) is 0 Å². The van der Waals surface area contributed by atoms with Gasteiger partial charge in [-0.05, 0) is 64.2 Å². The molecule has 0 saturated heterocycles. The second kappa shape index (κ2) is 62.4. The summed E-state index contributed by atoms with van der Waals surface area (Å²) in [5.41, 5.74) is 0. The quantitative estimate of drug-likeness (QED) is 0.0261. The van der Waals surface area contributed by atoms with E-state index in [9.17, 15) is 14.4 Å². The van der Waals surface area contributed by atoms with Crippen LogP contribution in [0.15, 0.2) is 24.3 Å². The van der Waals surface area contributed by atoms with Gasteiger partial charge in [0.15, 0.2) is 6.10 Å². The maximum Gasteiger partial charge on any atom is 0.306 e. The molecule has 0 aliphatic heterocycles. The minimum atomic E-state index is -0.773. The Balaban J connectivity index is 4.11. The molecule has 0 rings (SSSR count). The predicted molar refractivity (Wildman–Crippen MR) is 316 cm³/mol. The molecule has 0 bridgehead atoms. The minimum absolute atomic E-state index is 0.0711. The van der Waals surface area contributed by atoms with Crippen molar-refractivity contribution < 1.29 is 28.6 Å². The van der Waals surface area contributed by atoms with Gasteiger partial charge in [0.1, 0.15) is 13.2 Å². The average Bonchev–Trinajstić information content (AvgIpc) is 3.39. The Kier molecular flexibility index (Phi) is 60.6. The number of carbonyl (C=O) groups excluding carboxylic acids is 3. The van der Waals surface area contributed by atoms with Gasteiger partial charge < -0.3 is 14.2 Å². The lowest BCUT2D eigenvalue weighted by molar-refractivity contribution is -0.167. The molecular weight excluding hydrogens is 901 g/mol. The summed E-state index contributed by atoms with van der Waals surface area (Å²) in [6, 6.07) is 0. The fourth-order valence-corrected chi connectivity index (χ4v) is 9.97. The number of hydrogen-bond acceptors (Lipinski definition) is 6. The van der Waals surface area contributed by atoms with E-state index in [1.54, 1.807) is 0 Å². The van der Waals surface area contributed by atoms with Gasteiger partial charge in [0.25, 0.3) is 0 Å². The van der Waals surface area contributed by atoms with E-state index in [-0.39, 0.29) is 31.1 Å². The van der Waals surface area contributed by atoms with Gasteiger partial charge in [0.05, 0.1) is 0 Å². The topological polar surface area (TPSA) is 78.9 Å². The highest BCUT2D eigenvalue weighted by Crippen LogP contribution is 2.18. The molecule has 0 radical (unpaired) electrons. The number of esters is 3. The fourth-order valence-electron chi connectivity index (χ4n) is 9.97. The lowest BCUT2D eigenvalue weighted by Crippen LogP contribution is -2.30. The highest BCUT2D eigenvalue weighted by molar-refractivity contribution is 5.71. The van der Waals surface area contributed by atoms with Crippen molar-refractivity contribution in [2.45, 2.75) is 374 Å². The first-order chi connectivity index (χ1) is 36.0. The molecule has 0 aliphatic carbocycles. The molecule has 1 atom stereocenters. The minimum Gasteiger partial charge on any atom is -0.462 e. The van der Waals surface area contributed by atoms with Crippen LogP contribution in [0.3, 0.4) is 0 Å². The van der Waals surface area contributed by atoms with Crippen LogP contribution >= 0.6 is 0 Å². The Morgan fingerprint density at radius 3 is 0.740 bits per heavy atom. The Morgan fingerprint density at radius 1 is 0.260 bits per heavy atom. The van der Waals surface area contributed by atoms with Crippen molar-refractivity contribution >= 4 is 17.9 Å². The van der Waals surface area contributed by atoms with Gasteiger partial charge >= 0.3 is 17.9 Å². The second-order valence-electron chi connectivity index (χ2n) is 22.4. The smallest absolute Gasteiger partial charge is 0.306 e. The molecule has 0 aromatic rings. The third-order valence-electron chi connectivity index (χ3n) is 14.9. The van der Waals surface area contributed by atoms with E-state index in [4.69, 9.17) is 14.2 Å². The van der Waals surface area contributed by atoms with Gasteiger partial charge in [-0.15, -0.1) is 0 Å². The molecule has 0 amide bonds. The number of ether oxygens (including phenoxy) is 3. The largest absolute Gasteiger partial charge is 0.462 e. The van der Waals surface area contributed by atoms with E-state index in [1.807, 2.05) is 0 Å². The van der Waals surface area contributed by atoms with Crippen molar-refractivity contribution in [1.82, 2.24) is 0 Å². The van der Waals surface area contributed by atoms with Crippen LogP contribution in [0.1, 0.15) is 367 Å². The molecule has 430 valence electrons. The van der Waals surface area contributed by atoms with Crippen LogP contribution in [0.2, 0.25) is 0 Å². The first-order valence-corrected chi connectivity index (χ1v) is 32.8. The van der Waals surface area contributed by atoms with Gasteiger partial charge in [-0.2, -0.15) is 0 Å². The van der Waals surface area contributed by atoms with E-state index in [2.05, 4.69) is 45.1 Å². The first kappa shape index (κ1) is 70.9. The number of hydrogen-bond donors (Lipinski definition) is 0. The summed E-state index contributed by atoms with van der Waals surface area (Å²) in [6.45, 7) is 6.63. The molecule has 0 fully saturated rings. The molecule has 0 aliphatic rings. The van der Waals surface area contributed by atoms with Crippen molar-refractivity contribution in [2.24, 2.45) is 0 Å². The highest BCUT2D eigenvalue weighted by Gasteiger charge is 2.19. The monoisotopic (exact) mass is 1030 g/mol. The predicted octanol–water partition coefficient (Wildman–Crippen LogP) is 22.2. The van der Waals surface area contributed by atoms with E-state index in [0.717, 1.165) is 70.6 Å². The summed E-state index contributed by atoms with van der Waals surface area (Å²) in [4.78, 5) is 38.2. The van der Waals surface area contributed by atoms with Crippen molar-refractivity contribution in [3.05, 3.63) is 24.3 Å². The van der Waals surface area contributed by atoms with E-state index in [0.29, 0.717) is 19.3 Å². The van der Waals surface area contributed by atoms with Crippen LogP contribution < -0.4 is 0 Å². The Labute approximate surface area is 455 Å². The zero-order valence-electron chi connectivity index (χ0n) is 49.4. The van der Waals surface area contributed by atoms with Crippen LogP contribution in [-0.2, 0) is 28.6 Å². The summed E-state index contributed by atoms with van der Waals surface area (Å²) in [5.74, 6) is -0.864. The van der Waals surface area contributed by atoms with Gasteiger partial charge in [0.2, 0.25) is 0 Å². The normalized spacial score (nSPS) is 12.1. The van der Waals surface area contributed by atoms with Gasteiger partial charge in [0, 0.05) is 19.3 Å². The fraction of sp³-hybridized carbons (Fsp3) is 0.896. The average molecular weight is 1030 g/mol. The maximum absolute atomic E-state index is 12.9. The van der Waals surface area contributed by atoms with Crippen LogP contribution in [-0.4, -0.2) is 37.2 Å². The van der Waals surface area contributed by atoms with Crippen molar-refractivity contribution in [2.75, 3.05) is 13.2 Å². The maximum atomic E-state index is 12.9. The number of unbranched alkanes of at least 4 members (excludes halogenated alkanes) is 46. The van der Waals surface area contributed by atoms with Gasteiger partial charge in [-0.25, -0.2) is 0 Å². The zero-order valence-corrected chi connectivity index (χ0v) is 49.4. The van der Waals surface area contributed by atoms with Crippen molar-refractivity contribution in [1.29, 1.82) is 0 Å². The second-order valence-corrected chi connectivity index (χ2v) is 22.4. The van der Waals surface area contributed by atoms with Gasteiger partial charge in [-0.3, -0.25) is 14.4 Å². The Bertz CT molecular complexity index is 1180. The molecule has 0 spiro atoms. The van der Waals surface area contributed by atoms with E-state index < -0.39 is 6.10 Å². The molecule has 0 N–H and O–H groups in total. The summed E-state index contributed by atoms with van der Waals surface area (Å²) in [6.07, 6.45) is 75.0. The zero-order chi connectivity index (χ0) is 52.9. The van der Waals surface area contributed by atoms with Crippen LogP contribution in [0, 0.1) is 0 Å². The van der Waals surface area contributed by atoms with E-state index in [1.165, 1.54) is 257 Å². The van der Waals surface area contributed by atoms with Crippen LogP contribution in [0.4, 0.5) is 0 Å². The Hall–Kier alpha value is -2.11. The molecule has 6 heteroatoms. The highest BCUT2D eigenvalue weighted by atomic mass is 16.6. The summed E-state index contributed by atoms with van der Waals surface area (Å²) in [7, 11) is 0. The van der Waals surface area contributed by atoms with Crippen molar-refractivity contribution in [3.63, 3.8) is 0 Å². The third kappa shape index (κ3) is 60.6. The summed E-state index contributed by atoms with van der Waals surface area (Å²) >= 11 is 0. The molecule has 0 saturated carbocycles. The number of carbonyl (C=O) groups is 3. The molecule has 0 aromatic heterocycles. The first-order valence-electron chi connectivity index (χ1n) is 32.8. The number of allylic oxidation sites excluding steroid dienone is 4.